The number of benzene rings is 4. The van der Waals surface area contributed by atoms with Crippen molar-refractivity contribution in [1.29, 1.82) is 0 Å². The predicted octanol–water partition coefficient (Wildman–Crippen LogP) is 6.26. The molecule has 1 aromatic heterocycles. The zero-order valence-corrected chi connectivity index (χ0v) is 32.9. The summed E-state index contributed by atoms with van der Waals surface area (Å²) < 4.78 is 20.4. The number of phenolic OH excluding ortho intramolecular Hbond substituents is 1. The van der Waals surface area contributed by atoms with E-state index in [4.69, 9.17) is 18.9 Å². The van der Waals surface area contributed by atoms with Gasteiger partial charge in [0.15, 0.2) is 0 Å². The molecule has 0 aliphatic carbocycles. The largest absolute Gasteiger partial charge is 0.505 e. The molecule has 57 heavy (non-hydrogen) atoms. The number of carbonyl (C=O) groups excluding carboxylic acids is 4. The molecule has 0 bridgehead atoms. The summed E-state index contributed by atoms with van der Waals surface area (Å²) in [7, 11) is 5.78. The molecule has 2 fully saturated rings. The van der Waals surface area contributed by atoms with Gasteiger partial charge in [0, 0.05) is 72.3 Å². The Morgan fingerprint density at radius 2 is 1.07 bits per heavy atom. The summed E-state index contributed by atoms with van der Waals surface area (Å²) >= 11 is 0. The van der Waals surface area contributed by atoms with Gasteiger partial charge in [-0.25, -0.2) is 19.2 Å². The molecular formula is C43H43N5O9. The van der Waals surface area contributed by atoms with Crippen molar-refractivity contribution in [2.24, 2.45) is 0 Å². The Morgan fingerprint density at radius 1 is 0.649 bits per heavy atom. The number of carbonyl (C=O) groups is 4. The minimum Gasteiger partial charge on any atom is -0.505 e. The van der Waals surface area contributed by atoms with Gasteiger partial charge in [-0.15, -0.1) is 15.0 Å². The van der Waals surface area contributed by atoms with E-state index in [1.54, 1.807) is 12.1 Å². The lowest BCUT2D eigenvalue weighted by Gasteiger charge is -2.29. The summed E-state index contributed by atoms with van der Waals surface area (Å²) in [6.45, 7) is 8.44. The Bertz CT molecular complexity index is 2350. The minimum atomic E-state index is -1.28. The van der Waals surface area contributed by atoms with Crippen molar-refractivity contribution in [2.45, 2.75) is 52.7 Å². The van der Waals surface area contributed by atoms with Crippen LogP contribution in [0.25, 0.3) is 28.9 Å². The second kappa shape index (κ2) is 15.6. The van der Waals surface area contributed by atoms with Gasteiger partial charge in [0.1, 0.15) is 33.6 Å². The highest BCUT2D eigenvalue weighted by Crippen LogP contribution is 2.31. The number of rotatable bonds is 7. The van der Waals surface area contributed by atoms with Gasteiger partial charge < -0.3 is 33.9 Å². The lowest BCUT2D eigenvalue weighted by Crippen LogP contribution is -2.41. The highest BCUT2D eigenvalue weighted by Gasteiger charge is 2.40. The number of fused-ring (bicyclic) bond motifs is 1. The highest BCUT2D eigenvalue weighted by molar-refractivity contribution is 6.19. The number of hydrogen-bond acceptors (Lipinski definition) is 13. The van der Waals surface area contributed by atoms with Crippen molar-refractivity contribution >= 4 is 58.4 Å². The molecule has 0 spiro atoms. The molecule has 2 saturated heterocycles. The lowest BCUT2D eigenvalue weighted by atomic mass is 10.1. The van der Waals surface area contributed by atoms with Crippen LogP contribution in [0.4, 0.5) is 11.4 Å². The fourth-order valence-corrected chi connectivity index (χ4v) is 6.00. The van der Waals surface area contributed by atoms with E-state index in [1.165, 1.54) is 44.6 Å². The fraction of sp³-hybridized carbons (Fsp3) is 0.256. The number of aromatic hydroxyl groups is 1. The van der Waals surface area contributed by atoms with E-state index in [0.29, 0.717) is 17.8 Å². The fourth-order valence-electron chi connectivity index (χ4n) is 6.00. The van der Waals surface area contributed by atoms with Crippen molar-refractivity contribution in [2.75, 3.05) is 30.9 Å². The SMILES string of the molecule is CN(C)c1ccc(C=C2C(=O)OC(C)(C)OC2=O)cc1.Cc1cc(CN(C)c2ccc(C=C3C(=O)OC(C)(C)OC3=O)cc2)c(O)c(-n2nc3ccccc3n2)c1. The Hall–Kier alpha value is -6.96. The summed E-state index contributed by atoms with van der Waals surface area (Å²) in [5, 5.41) is 20.1. The average Bonchev–Trinajstić information content (AvgIpc) is 3.57. The molecule has 14 nitrogen and oxygen atoms in total. The van der Waals surface area contributed by atoms with Gasteiger partial charge in [0.2, 0.25) is 0 Å². The average molecular weight is 774 g/mol. The first-order chi connectivity index (χ1) is 26.9. The third-order valence-electron chi connectivity index (χ3n) is 8.82. The van der Waals surface area contributed by atoms with Gasteiger partial charge in [-0.05, 0) is 78.2 Å². The maximum absolute atomic E-state index is 12.2. The molecule has 0 unspecified atom stereocenters. The summed E-state index contributed by atoms with van der Waals surface area (Å²) in [4.78, 5) is 53.4. The van der Waals surface area contributed by atoms with Crippen LogP contribution in [-0.2, 0) is 44.7 Å². The number of hydrogen-bond donors (Lipinski definition) is 1. The van der Waals surface area contributed by atoms with Crippen LogP contribution >= 0.6 is 0 Å². The van der Waals surface area contributed by atoms with E-state index in [1.807, 2.05) is 111 Å². The second-order valence-electron chi connectivity index (χ2n) is 14.7. The van der Waals surface area contributed by atoms with E-state index in [0.717, 1.165) is 39.1 Å². The number of cyclic esters (lactones) is 4. The molecule has 0 saturated carbocycles. The Labute approximate surface area is 329 Å². The van der Waals surface area contributed by atoms with Crippen molar-refractivity contribution in [3.63, 3.8) is 0 Å². The van der Waals surface area contributed by atoms with E-state index >= 15 is 0 Å². The van der Waals surface area contributed by atoms with Crippen LogP contribution in [0.15, 0.2) is 96.1 Å². The third kappa shape index (κ3) is 9.30. The summed E-state index contributed by atoms with van der Waals surface area (Å²) in [6, 6.07) is 26.1. The number of anilines is 2. The first-order valence-corrected chi connectivity index (χ1v) is 18.0. The molecule has 5 aromatic rings. The molecule has 2 aliphatic heterocycles. The molecule has 7 rings (SSSR count). The smallest absolute Gasteiger partial charge is 0.348 e. The Balaban J connectivity index is 0.000000232. The maximum atomic E-state index is 12.2. The topological polar surface area (TPSA) is 163 Å². The van der Waals surface area contributed by atoms with Crippen LogP contribution < -0.4 is 9.80 Å². The van der Waals surface area contributed by atoms with Crippen LogP contribution in [0, 0.1) is 6.92 Å². The quantitative estimate of drug-likeness (QED) is 0.112. The van der Waals surface area contributed by atoms with E-state index in [9.17, 15) is 24.3 Å². The zero-order chi connectivity index (χ0) is 41.2. The summed E-state index contributed by atoms with van der Waals surface area (Å²) in [6.07, 6.45) is 2.92. The number of aromatic nitrogens is 3. The van der Waals surface area contributed by atoms with Crippen molar-refractivity contribution in [3.8, 4) is 11.4 Å². The van der Waals surface area contributed by atoms with E-state index in [2.05, 4.69) is 10.2 Å². The first-order valence-electron chi connectivity index (χ1n) is 18.0. The molecule has 0 amide bonds. The highest BCUT2D eigenvalue weighted by atomic mass is 16.7. The van der Waals surface area contributed by atoms with Crippen LogP contribution in [0.5, 0.6) is 5.75 Å². The van der Waals surface area contributed by atoms with Crippen LogP contribution in [-0.4, -0.2) is 76.7 Å². The number of ether oxygens (including phenoxy) is 4. The monoisotopic (exact) mass is 773 g/mol. The first kappa shape index (κ1) is 39.7. The third-order valence-corrected chi connectivity index (χ3v) is 8.82. The molecular weight excluding hydrogens is 730 g/mol. The number of aryl methyl sites for hydroxylation is 1. The predicted molar refractivity (Wildman–Crippen MR) is 213 cm³/mol. The van der Waals surface area contributed by atoms with Crippen molar-refractivity contribution in [1.82, 2.24) is 15.0 Å². The molecule has 3 heterocycles. The van der Waals surface area contributed by atoms with Gasteiger partial charge in [0.25, 0.3) is 11.6 Å². The normalized spacial score (nSPS) is 15.7. The van der Waals surface area contributed by atoms with Crippen molar-refractivity contribution in [3.05, 3.63) is 118 Å². The number of nitrogens with zero attached hydrogens (tertiary/aromatic N) is 5. The number of phenols is 1. The maximum Gasteiger partial charge on any atom is 0.348 e. The molecule has 0 radical (unpaired) electrons. The molecule has 14 heteroatoms. The molecule has 4 aromatic carbocycles. The molecule has 0 atom stereocenters. The summed E-state index contributed by atoms with van der Waals surface area (Å²) in [5.74, 6) is -5.14. The Morgan fingerprint density at radius 3 is 1.49 bits per heavy atom. The summed E-state index contributed by atoms with van der Waals surface area (Å²) in [5.41, 5.74) is 6.73. The van der Waals surface area contributed by atoms with Gasteiger partial charge in [-0.3, -0.25) is 0 Å². The van der Waals surface area contributed by atoms with Gasteiger partial charge in [0.05, 0.1) is 0 Å². The van der Waals surface area contributed by atoms with Crippen molar-refractivity contribution < 1.29 is 43.2 Å². The van der Waals surface area contributed by atoms with Gasteiger partial charge in [-0.1, -0.05) is 42.5 Å². The van der Waals surface area contributed by atoms with E-state index < -0.39 is 35.5 Å². The minimum absolute atomic E-state index is 0.0954. The number of esters is 4. The van der Waals surface area contributed by atoms with E-state index in [-0.39, 0.29) is 16.9 Å². The van der Waals surface area contributed by atoms with Crippen LogP contribution in [0.2, 0.25) is 0 Å². The van der Waals surface area contributed by atoms with Crippen LogP contribution in [0.1, 0.15) is 49.9 Å². The Kier molecular flexibility index (Phi) is 10.9. The molecule has 294 valence electrons. The van der Waals surface area contributed by atoms with Crippen LogP contribution in [0.3, 0.4) is 0 Å². The second-order valence-corrected chi connectivity index (χ2v) is 14.7. The molecule has 2 aliphatic rings. The van der Waals surface area contributed by atoms with Gasteiger partial charge in [-0.2, -0.15) is 0 Å². The standard InChI is InChI=1S/C28H26N4O5.C15H17NO4/c1-17-13-19(25(33)24(14-17)32-29-22-7-5-6-8-23(22)30-32)16-31(4)20-11-9-18(10-12-20)15-21-26(34)36-28(2,3)37-27(21)35;1-15(2)19-13(17)12(14(18)20-15)9-10-5-7-11(8-6-10)16(3)4/h5-15,33H,16H2,1-4H3;5-9H,1-4H3. The lowest BCUT2D eigenvalue weighted by molar-refractivity contribution is -0.224. The van der Waals surface area contributed by atoms with Gasteiger partial charge >= 0.3 is 23.9 Å². The zero-order valence-electron chi connectivity index (χ0n) is 32.9. The molecule has 1 N–H and O–H groups in total.